The van der Waals surface area contributed by atoms with Crippen LogP contribution < -0.4 is 10.6 Å². The Bertz CT molecular complexity index is 1430. The first-order valence-electron chi connectivity index (χ1n) is 11.3. The highest BCUT2D eigenvalue weighted by atomic mass is 35.5. The number of hydrogen-bond donors (Lipinski definition) is 2. The van der Waals surface area contributed by atoms with Crippen molar-refractivity contribution in [1.82, 2.24) is 4.90 Å². The van der Waals surface area contributed by atoms with Crippen LogP contribution in [0.1, 0.15) is 27.4 Å². The van der Waals surface area contributed by atoms with Gasteiger partial charge in [0, 0.05) is 46.9 Å². The van der Waals surface area contributed by atoms with Crippen LogP contribution >= 0.6 is 11.6 Å². The molecular formula is C26H21ClN4O4. The number of halogens is 1. The number of rotatable bonds is 2. The van der Waals surface area contributed by atoms with Crippen molar-refractivity contribution in [3.63, 3.8) is 0 Å². The van der Waals surface area contributed by atoms with Crippen molar-refractivity contribution < 1.29 is 14.5 Å². The summed E-state index contributed by atoms with van der Waals surface area (Å²) in [7, 11) is 1.86. The topological polar surface area (TPSA) is 105 Å². The van der Waals surface area contributed by atoms with Crippen molar-refractivity contribution in [2.75, 3.05) is 30.8 Å². The highest BCUT2D eigenvalue weighted by Gasteiger charge is 2.74. The Morgan fingerprint density at radius 3 is 2.54 bits per heavy atom. The number of nitrogens with zero attached hydrogens (tertiary/aromatic N) is 2. The number of nitro benzene ring substituents is 1. The smallest absolute Gasteiger partial charge is 0.293 e. The Kier molecular flexibility index (Phi) is 4.58. The first kappa shape index (κ1) is 21.8. The number of Topliss-reactive ketones (excluding diaryl/α,β-unsaturated/α-hetero) is 1. The van der Waals surface area contributed by atoms with E-state index in [1.807, 2.05) is 48.3 Å². The van der Waals surface area contributed by atoms with Gasteiger partial charge in [0.05, 0.1) is 10.3 Å². The molecule has 0 saturated carbocycles. The van der Waals surface area contributed by atoms with E-state index in [1.165, 1.54) is 12.1 Å². The molecule has 3 atom stereocenters. The molecule has 0 unspecified atom stereocenters. The van der Waals surface area contributed by atoms with Gasteiger partial charge in [0.1, 0.15) is 11.2 Å². The number of benzene rings is 3. The minimum Gasteiger partial charge on any atom is -0.378 e. The molecular weight excluding hydrogens is 468 g/mol. The van der Waals surface area contributed by atoms with E-state index in [-0.39, 0.29) is 41.1 Å². The van der Waals surface area contributed by atoms with Crippen molar-refractivity contribution in [2.24, 2.45) is 5.41 Å². The molecule has 0 bridgehead atoms. The summed E-state index contributed by atoms with van der Waals surface area (Å²) in [6, 6.07) is 19.2. The molecule has 8 nitrogen and oxygen atoms in total. The molecule has 3 aromatic rings. The lowest BCUT2D eigenvalue weighted by Gasteiger charge is -2.48. The number of hydrogen-bond acceptors (Lipinski definition) is 6. The van der Waals surface area contributed by atoms with Gasteiger partial charge in [-0.2, -0.15) is 0 Å². The zero-order valence-corrected chi connectivity index (χ0v) is 19.5. The molecule has 6 rings (SSSR count). The van der Waals surface area contributed by atoms with Crippen LogP contribution in [0.25, 0.3) is 0 Å². The van der Waals surface area contributed by atoms with Gasteiger partial charge in [0.2, 0.25) is 0 Å². The van der Waals surface area contributed by atoms with Crippen LogP contribution in [0, 0.1) is 15.5 Å². The predicted octanol–water partition coefficient (Wildman–Crippen LogP) is 4.42. The van der Waals surface area contributed by atoms with Crippen LogP contribution in [0.5, 0.6) is 0 Å². The zero-order chi connectivity index (χ0) is 24.5. The van der Waals surface area contributed by atoms with Crippen molar-refractivity contribution >= 4 is 40.4 Å². The first-order valence-corrected chi connectivity index (χ1v) is 11.6. The SMILES string of the molecule is CN1C[C@@H](c2ccc(Cl)cc2)[C@@]2(CNc3c(cccc3[N+](=O)[O-])C2=O)[C@@]12C(=O)Nc1ccccc12. The summed E-state index contributed by atoms with van der Waals surface area (Å²) in [5, 5.41) is 18.5. The van der Waals surface area contributed by atoms with E-state index in [4.69, 9.17) is 11.6 Å². The van der Waals surface area contributed by atoms with Gasteiger partial charge in [-0.3, -0.25) is 24.6 Å². The van der Waals surface area contributed by atoms with Gasteiger partial charge in [-0.1, -0.05) is 48.0 Å². The Hall–Kier alpha value is -3.75. The monoisotopic (exact) mass is 488 g/mol. The summed E-state index contributed by atoms with van der Waals surface area (Å²) < 4.78 is 0. The maximum atomic E-state index is 14.6. The second-order valence-corrected chi connectivity index (χ2v) is 9.74. The van der Waals surface area contributed by atoms with Gasteiger partial charge in [-0.05, 0) is 36.9 Å². The molecule has 3 aliphatic heterocycles. The van der Waals surface area contributed by atoms with Crippen LogP contribution in [0.2, 0.25) is 5.02 Å². The molecule has 0 aromatic heterocycles. The molecule has 176 valence electrons. The highest BCUT2D eigenvalue weighted by Crippen LogP contribution is 2.64. The fraction of sp³-hybridized carbons (Fsp3) is 0.231. The van der Waals surface area contributed by atoms with Crippen LogP contribution in [-0.4, -0.2) is 41.7 Å². The van der Waals surface area contributed by atoms with E-state index in [9.17, 15) is 19.7 Å². The normalized spacial score (nSPS) is 27.0. The molecule has 3 aliphatic rings. The van der Waals surface area contributed by atoms with Gasteiger partial charge in [0.15, 0.2) is 5.78 Å². The van der Waals surface area contributed by atoms with Crippen LogP contribution in [0.15, 0.2) is 66.7 Å². The van der Waals surface area contributed by atoms with Gasteiger partial charge in [-0.25, -0.2) is 0 Å². The second kappa shape index (κ2) is 7.37. The van der Waals surface area contributed by atoms with Gasteiger partial charge >= 0.3 is 0 Å². The average molecular weight is 489 g/mol. The first-order chi connectivity index (χ1) is 16.8. The lowest BCUT2D eigenvalue weighted by atomic mass is 9.56. The summed E-state index contributed by atoms with van der Waals surface area (Å²) in [6.45, 7) is 0.490. The van der Waals surface area contributed by atoms with Gasteiger partial charge < -0.3 is 10.6 Å². The largest absolute Gasteiger partial charge is 0.378 e. The highest BCUT2D eigenvalue weighted by molar-refractivity contribution is 6.30. The van der Waals surface area contributed by atoms with E-state index >= 15 is 0 Å². The maximum absolute atomic E-state index is 14.6. The predicted molar refractivity (Wildman–Crippen MR) is 132 cm³/mol. The molecule has 2 spiro atoms. The maximum Gasteiger partial charge on any atom is 0.293 e. The number of fused-ring (bicyclic) bond motifs is 4. The third-order valence-electron chi connectivity index (χ3n) is 7.87. The quantitative estimate of drug-likeness (QED) is 0.408. The molecule has 1 amide bonds. The number of nitro groups is 1. The van der Waals surface area contributed by atoms with E-state index in [0.717, 1.165) is 11.1 Å². The molecule has 1 fully saturated rings. The summed E-state index contributed by atoms with van der Waals surface area (Å²) in [5.74, 6) is -0.943. The minimum absolute atomic E-state index is 0.0586. The standard InChI is InChI=1S/C26H21ClN4O4/c1-30-13-19(15-9-11-16(27)12-10-15)25(26(30)18-6-2-3-7-20(18)29-24(26)33)14-28-22-17(23(25)32)5-4-8-21(22)31(34)35/h2-12,19,28H,13-14H2,1H3,(H,29,33)/t19-,25+,26+/m0/s1. The summed E-state index contributed by atoms with van der Waals surface area (Å²) in [5.41, 5.74) is -0.0547. The van der Waals surface area contributed by atoms with Crippen LogP contribution in [0.3, 0.4) is 0 Å². The number of likely N-dealkylation sites (tertiary alicyclic amines) is 1. The Morgan fingerprint density at radius 2 is 1.80 bits per heavy atom. The van der Waals surface area contributed by atoms with E-state index < -0.39 is 15.9 Å². The molecule has 3 heterocycles. The third kappa shape index (κ3) is 2.61. The fourth-order valence-electron chi connectivity index (χ4n) is 6.50. The minimum atomic E-state index is -1.31. The van der Waals surface area contributed by atoms with Gasteiger partial charge in [0.25, 0.3) is 11.6 Å². The second-order valence-electron chi connectivity index (χ2n) is 9.31. The van der Waals surface area contributed by atoms with Crippen molar-refractivity contribution in [3.05, 3.63) is 98.6 Å². The third-order valence-corrected chi connectivity index (χ3v) is 8.12. The average Bonchev–Trinajstić information content (AvgIpc) is 3.30. The zero-order valence-electron chi connectivity index (χ0n) is 18.7. The summed E-state index contributed by atoms with van der Waals surface area (Å²) >= 11 is 6.16. The number of ketones is 1. The molecule has 2 N–H and O–H groups in total. The van der Waals surface area contributed by atoms with Crippen molar-refractivity contribution in [3.8, 4) is 0 Å². The molecule has 9 heteroatoms. The number of carbonyl (C=O) groups is 2. The lowest BCUT2D eigenvalue weighted by molar-refractivity contribution is -0.384. The number of anilines is 2. The number of para-hydroxylation sites is 2. The van der Waals surface area contributed by atoms with Gasteiger partial charge in [-0.15, -0.1) is 0 Å². The Labute approximate surface area is 206 Å². The number of nitrogens with one attached hydrogen (secondary N) is 2. The van der Waals surface area contributed by atoms with E-state index in [2.05, 4.69) is 10.6 Å². The Morgan fingerprint density at radius 1 is 1.06 bits per heavy atom. The molecule has 3 aromatic carbocycles. The number of amides is 1. The molecule has 0 aliphatic carbocycles. The molecule has 1 saturated heterocycles. The Balaban J connectivity index is 1.66. The fourth-order valence-corrected chi connectivity index (χ4v) is 6.62. The van der Waals surface area contributed by atoms with Crippen molar-refractivity contribution in [1.29, 1.82) is 0 Å². The van der Waals surface area contributed by atoms with Crippen LogP contribution in [-0.2, 0) is 10.3 Å². The number of carbonyl (C=O) groups excluding carboxylic acids is 2. The van der Waals surface area contributed by atoms with E-state index in [0.29, 0.717) is 17.3 Å². The molecule has 35 heavy (non-hydrogen) atoms. The summed E-state index contributed by atoms with van der Waals surface area (Å²) in [6.07, 6.45) is 0. The molecule has 0 radical (unpaired) electrons. The lowest BCUT2D eigenvalue weighted by Crippen LogP contribution is -2.62. The number of likely N-dealkylation sites (N-methyl/N-ethyl adjacent to an activating group) is 1. The van der Waals surface area contributed by atoms with Crippen LogP contribution in [0.4, 0.5) is 17.1 Å². The van der Waals surface area contributed by atoms with Crippen molar-refractivity contribution in [2.45, 2.75) is 11.5 Å². The summed E-state index contributed by atoms with van der Waals surface area (Å²) in [4.78, 5) is 41.7. The van der Waals surface area contributed by atoms with E-state index in [1.54, 1.807) is 18.2 Å².